The van der Waals surface area contributed by atoms with Crippen LogP contribution >= 0.6 is 0 Å². The van der Waals surface area contributed by atoms with Crippen LogP contribution in [0.25, 0.3) is 0 Å². The molecule has 0 heterocycles. The molecule has 0 spiro atoms. The van der Waals surface area contributed by atoms with E-state index in [9.17, 15) is 44.3 Å². The summed E-state index contributed by atoms with van der Waals surface area (Å²) in [7, 11) is -6.79. The molecule has 0 radical (unpaired) electrons. The van der Waals surface area contributed by atoms with Crippen molar-refractivity contribution >= 4 is 21.9 Å². The fourth-order valence-corrected chi connectivity index (χ4v) is 5.61. The second kappa shape index (κ2) is 7.07. The number of carbonyl (C=O) groups excluding carboxylic acids is 2. The van der Waals surface area contributed by atoms with Crippen LogP contribution in [0.5, 0.6) is 0 Å². The third kappa shape index (κ3) is 3.51. The Morgan fingerprint density at radius 3 is 2.10 bits per heavy atom. The Balaban J connectivity index is 1.57. The van der Waals surface area contributed by atoms with Crippen LogP contribution in [0.4, 0.5) is 26.3 Å². The summed E-state index contributed by atoms with van der Waals surface area (Å²) in [5.74, 6) is -12.8. The van der Waals surface area contributed by atoms with E-state index in [1.54, 1.807) is 0 Å². The first-order valence-corrected chi connectivity index (χ1v) is 10.8. The summed E-state index contributed by atoms with van der Waals surface area (Å²) < 4.78 is 114. The molecule has 4 aliphatic carbocycles. The first-order valence-electron chi connectivity index (χ1n) is 9.35. The van der Waals surface area contributed by atoms with E-state index in [1.165, 1.54) is 0 Å². The second-order valence-corrected chi connectivity index (χ2v) is 10.00. The number of Topliss-reactive ketones (excluding diaryl/α,β-unsaturated/α-hetero) is 1. The number of esters is 1. The van der Waals surface area contributed by atoms with Crippen molar-refractivity contribution in [3.8, 4) is 0 Å². The van der Waals surface area contributed by atoms with Crippen molar-refractivity contribution in [2.75, 3.05) is 6.61 Å². The van der Waals surface area contributed by atoms with Gasteiger partial charge in [0, 0.05) is 18.3 Å². The Bertz CT molecular complexity index is 824. The van der Waals surface area contributed by atoms with Gasteiger partial charge in [-0.25, -0.2) is 0 Å². The SMILES string of the molecule is O=C1C2CC3CC1CC(C(=O)OCCCC(F)(F)C(F)(F)C(F)(F)S(=O)(=O)O)(C3)C2. The molecule has 30 heavy (non-hydrogen) atoms. The highest BCUT2D eigenvalue weighted by Crippen LogP contribution is 2.59. The van der Waals surface area contributed by atoms with Crippen molar-refractivity contribution in [1.29, 1.82) is 0 Å². The molecule has 0 aliphatic heterocycles. The predicted molar refractivity (Wildman–Crippen MR) is 87.6 cm³/mol. The van der Waals surface area contributed by atoms with Gasteiger partial charge in [0.2, 0.25) is 0 Å². The molecule has 6 nitrogen and oxygen atoms in total. The van der Waals surface area contributed by atoms with Gasteiger partial charge < -0.3 is 4.74 Å². The van der Waals surface area contributed by atoms with Crippen molar-refractivity contribution in [1.82, 2.24) is 0 Å². The minimum absolute atomic E-state index is 0.107. The highest BCUT2D eigenvalue weighted by atomic mass is 32.2. The van der Waals surface area contributed by atoms with Gasteiger partial charge in [0.25, 0.3) is 0 Å². The number of ether oxygens (including phenoxy) is 1. The molecule has 4 saturated carbocycles. The molecule has 4 bridgehead atoms. The molecular weight excluding hydrogens is 446 g/mol. The minimum atomic E-state index is -6.79. The van der Waals surface area contributed by atoms with Crippen LogP contribution in [0.3, 0.4) is 0 Å². The molecule has 1 N–H and O–H groups in total. The van der Waals surface area contributed by atoms with Gasteiger partial charge in [0.05, 0.1) is 12.0 Å². The summed E-state index contributed by atoms with van der Waals surface area (Å²) >= 11 is 0. The Labute approximate surface area is 168 Å². The van der Waals surface area contributed by atoms with E-state index in [-0.39, 0.29) is 36.4 Å². The van der Waals surface area contributed by atoms with E-state index >= 15 is 0 Å². The Morgan fingerprint density at radius 1 is 1.07 bits per heavy atom. The monoisotopic (exact) mass is 466 g/mol. The minimum Gasteiger partial charge on any atom is -0.465 e. The maximum Gasteiger partial charge on any atom is 0.437 e. The fourth-order valence-electron chi connectivity index (χ4n) is 5.14. The zero-order chi connectivity index (χ0) is 22.8. The molecule has 4 fully saturated rings. The summed E-state index contributed by atoms with van der Waals surface area (Å²) in [5, 5.41) is -6.40. The van der Waals surface area contributed by atoms with E-state index in [0.29, 0.717) is 19.3 Å². The molecular formula is C17H20F6O6S. The normalized spacial score (nSPS) is 31.8. The zero-order valence-corrected chi connectivity index (χ0v) is 16.4. The lowest BCUT2D eigenvalue weighted by atomic mass is 9.49. The zero-order valence-electron chi connectivity index (χ0n) is 15.6. The van der Waals surface area contributed by atoms with Crippen LogP contribution in [-0.2, 0) is 24.4 Å². The van der Waals surface area contributed by atoms with E-state index in [2.05, 4.69) is 0 Å². The van der Waals surface area contributed by atoms with E-state index in [4.69, 9.17) is 9.29 Å². The third-order valence-corrected chi connectivity index (χ3v) is 7.35. The lowest BCUT2D eigenvalue weighted by Gasteiger charge is -2.53. The van der Waals surface area contributed by atoms with Crippen LogP contribution in [0.1, 0.15) is 44.9 Å². The number of alkyl halides is 6. The number of carbonyl (C=O) groups is 2. The first kappa shape index (κ1) is 23.3. The van der Waals surface area contributed by atoms with Crippen molar-refractivity contribution in [3.05, 3.63) is 0 Å². The maximum absolute atomic E-state index is 13.6. The van der Waals surface area contributed by atoms with Gasteiger partial charge >= 0.3 is 33.2 Å². The summed E-state index contributed by atoms with van der Waals surface area (Å²) in [6, 6.07) is 0. The van der Waals surface area contributed by atoms with Gasteiger partial charge in [-0.15, -0.1) is 0 Å². The fraction of sp³-hybridized carbons (Fsp3) is 0.882. The number of halogens is 6. The van der Waals surface area contributed by atoms with Crippen LogP contribution in [0.2, 0.25) is 0 Å². The molecule has 172 valence electrons. The summed E-state index contributed by atoms with van der Waals surface area (Å²) in [6.07, 6.45) is -0.417. The molecule has 4 aliphatic rings. The van der Waals surface area contributed by atoms with Gasteiger partial charge in [-0.2, -0.15) is 34.8 Å². The third-order valence-electron chi connectivity index (χ3n) is 6.44. The van der Waals surface area contributed by atoms with Gasteiger partial charge in [-0.3, -0.25) is 14.1 Å². The molecule has 4 rings (SSSR count). The Kier molecular flexibility index (Phi) is 5.49. The number of hydrogen-bond donors (Lipinski definition) is 1. The molecule has 0 amide bonds. The van der Waals surface area contributed by atoms with Crippen molar-refractivity contribution in [3.63, 3.8) is 0 Å². The topological polar surface area (TPSA) is 97.7 Å². The highest BCUT2D eigenvalue weighted by molar-refractivity contribution is 7.87. The summed E-state index contributed by atoms with van der Waals surface area (Å²) in [4.78, 5) is 24.6. The van der Waals surface area contributed by atoms with Gasteiger partial charge in [-0.1, -0.05) is 0 Å². The largest absolute Gasteiger partial charge is 0.465 e. The highest BCUT2D eigenvalue weighted by Gasteiger charge is 2.76. The molecule has 13 heteroatoms. The van der Waals surface area contributed by atoms with Crippen LogP contribution in [0, 0.1) is 23.2 Å². The molecule has 0 aromatic carbocycles. The lowest BCUT2D eigenvalue weighted by Crippen LogP contribution is -2.57. The quantitative estimate of drug-likeness (QED) is 0.255. The summed E-state index contributed by atoms with van der Waals surface area (Å²) in [5.41, 5.74) is -0.922. The number of ketones is 1. The molecule has 0 aromatic rings. The van der Waals surface area contributed by atoms with Gasteiger partial charge in [0.15, 0.2) is 0 Å². The number of rotatable bonds is 8. The van der Waals surface area contributed by atoms with Crippen LogP contribution < -0.4 is 0 Å². The molecule has 2 unspecified atom stereocenters. The molecule has 2 atom stereocenters. The van der Waals surface area contributed by atoms with Crippen LogP contribution in [-0.4, -0.2) is 48.4 Å². The maximum atomic E-state index is 13.6. The van der Waals surface area contributed by atoms with Crippen molar-refractivity contribution < 1.29 is 53.6 Å². The molecule has 0 aromatic heterocycles. The van der Waals surface area contributed by atoms with E-state index < -0.39 is 58.1 Å². The van der Waals surface area contributed by atoms with Crippen molar-refractivity contribution in [2.45, 2.75) is 62.0 Å². The Hall–Kier alpha value is -1.37. The number of hydrogen-bond acceptors (Lipinski definition) is 5. The average molecular weight is 466 g/mol. The van der Waals surface area contributed by atoms with E-state index in [0.717, 1.165) is 0 Å². The smallest absolute Gasteiger partial charge is 0.437 e. The first-order chi connectivity index (χ1) is 13.5. The molecule has 0 saturated heterocycles. The standard InChI is InChI=1S/C17H20F6O6S/c18-15(19,16(20,21)17(22,23)30(26,27)28)2-1-3-29-13(25)14-6-9-4-10(7-14)12(24)11(5-9)8-14/h9-11H,1-8H2,(H,26,27,28). The lowest BCUT2D eigenvalue weighted by molar-refractivity contribution is -0.283. The second-order valence-electron chi connectivity index (χ2n) is 8.54. The van der Waals surface area contributed by atoms with E-state index in [1.807, 2.05) is 0 Å². The summed E-state index contributed by atoms with van der Waals surface area (Å²) in [6.45, 7) is -0.766. The van der Waals surface area contributed by atoms with Gasteiger partial charge in [-0.05, 0) is 44.4 Å². The van der Waals surface area contributed by atoms with Crippen LogP contribution in [0.15, 0.2) is 0 Å². The van der Waals surface area contributed by atoms with Crippen molar-refractivity contribution in [2.24, 2.45) is 23.2 Å². The Morgan fingerprint density at radius 2 is 1.60 bits per heavy atom. The predicted octanol–water partition coefficient (Wildman–Crippen LogP) is 3.46. The average Bonchev–Trinajstić information content (AvgIpc) is 2.61. The van der Waals surface area contributed by atoms with Gasteiger partial charge in [0.1, 0.15) is 5.78 Å².